The molecule has 18 heavy (non-hydrogen) atoms. The summed E-state index contributed by atoms with van der Waals surface area (Å²) in [6.07, 6.45) is 0. The maximum absolute atomic E-state index is 13.3. The van der Waals surface area contributed by atoms with Crippen LogP contribution in [0, 0.1) is 12.7 Å². The quantitative estimate of drug-likeness (QED) is 0.838. The van der Waals surface area contributed by atoms with Gasteiger partial charge >= 0.3 is 0 Å². The molecule has 0 saturated carbocycles. The Hall–Kier alpha value is -1.75. The Kier molecular flexibility index (Phi) is 3.43. The van der Waals surface area contributed by atoms with E-state index in [0.29, 0.717) is 17.3 Å². The number of rotatable bonds is 2. The van der Waals surface area contributed by atoms with E-state index in [1.54, 1.807) is 25.1 Å². The monoisotopic (exact) mass is 266 g/mol. The van der Waals surface area contributed by atoms with E-state index < -0.39 is 0 Å². The molecule has 0 fully saturated rings. The molecule has 4 nitrogen and oxygen atoms in total. The first-order valence-electron chi connectivity index (χ1n) is 5.33. The fourth-order valence-corrected chi connectivity index (χ4v) is 1.65. The lowest BCUT2D eigenvalue weighted by atomic mass is 10.1. The van der Waals surface area contributed by atoms with Crippen molar-refractivity contribution in [3.8, 4) is 11.4 Å². The van der Waals surface area contributed by atoms with Crippen LogP contribution in [0.2, 0.25) is 5.28 Å². The fourth-order valence-electron chi connectivity index (χ4n) is 1.50. The molecule has 0 spiro atoms. The zero-order valence-electron chi connectivity index (χ0n) is 10.3. The van der Waals surface area contributed by atoms with Crippen LogP contribution in [0.15, 0.2) is 18.2 Å². The Morgan fingerprint density at radius 3 is 2.56 bits per heavy atom. The molecule has 2 aromatic rings. The van der Waals surface area contributed by atoms with Gasteiger partial charge in [-0.05, 0) is 36.2 Å². The highest BCUT2D eigenvalue weighted by Crippen LogP contribution is 2.23. The molecule has 0 bridgehead atoms. The van der Waals surface area contributed by atoms with Gasteiger partial charge in [-0.15, -0.1) is 0 Å². The summed E-state index contributed by atoms with van der Waals surface area (Å²) in [6.45, 7) is 1.86. The summed E-state index contributed by atoms with van der Waals surface area (Å²) >= 11 is 5.85. The summed E-state index contributed by atoms with van der Waals surface area (Å²) in [5, 5.41) is 0.0901. The number of halogens is 2. The van der Waals surface area contributed by atoms with Crippen LogP contribution in [-0.4, -0.2) is 29.0 Å². The molecule has 0 amide bonds. The predicted octanol–water partition coefficient (Wildman–Crippen LogP) is 2.71. The molecule has 94 valence electrons. The largest absolute Gasteiger partial charge is 0.347 e. The van der Waals surface area contributed by atoms with Gasteiger partial charge in [-0.3, -0.25) is 0 Å². The number of aryl methyl sites for hydroxylation is 1. The Bertz CT molecular complexity index is 586. The van der Waals surface area contributed by atoms with E-state index in [1.807, 2.05) is 6.92 Å². The zero-order valence-corrected chi connectivity index (χ0v) is 11.0. The third-order valence-electron chi connectivity index (χ3n) is 2.44. The molecule has 1 aromatic carbocycles. The van der Waals surface area contributed by atoms with Crippen molar-refractivity contribution in [2.75, 3.05) is 19.0 Å². The zero-order chi connectivity index (χ0) is 13.3. The summed E-state index contributed by atoms with van der Waals surface area (Å²) in [6, 6.07) is 4.46. The average Bonchev–Trinajstić information content (AvgIpc) is 2.31. The molecule has 0 aliphatic rings. The number of nitrogens with zero attached hydrogens (tertiary/aromatic N) is 4. The van der Waals surface area contributed by atoms with E-state index in [2.05, 4.69) is 15.0 Å². The van der Waals surface area contributed by atoms with Crippen LogP contribution >= 0.6 is 11.6 Å². The third kappa shape index (κ3) is 2.56. The van der Waals surface area contributed by atoms with Crippen molar-refractivity contribution < 1.29 is 4.39 Å². The van der Waals surface area contributed by atoms with Gasteiger partial charge in [0.25, 0.3) is 0 Å². The van der Waals surface area contributed by atoms with Crippen LogP contribution in [0.3, 0.4) is 0 Å². The second-order valence-electron chi connectivity index (χ2n) is 4.08. The first-order valence-corrected chi connectivity index (χ1v) is 5.70. The van der Waals surface area contributed by atoms with Crippen molar-refractivity contribution in [1.29, 1.82) is 0 Å². The molecule has 0 saturated heterocycles. The Morgan fingerprint density at radius 1 is 1.17 bits per heavy atom. The number of aromatic nitrogens is 3. The Labute approximate surface area is 109 Å². The number of hydrogen-bond acceptors (Lipinski definition) is 4. The van der Waals surface area contributed by atoms with Gasteiger partial charge in [0.05, 0.1) is 0 Å². The molecule has 2 rings (SSSR count). The number of hydrogen-bond donors (Lipinski definition) is 0. The third-order valence-corrected chi connectivity index (χ3v) is 2.61. The molecular weight excluding hydrogens is 255 g/mol. The minimum atomic E-state index is -0.335. The number of anilines is 1. The highest BCUT2D eigenvalue weighted by Gasteiger charge is 2.11. The molecular formula is C12H12ClFN4. The van der Waals surface area contributed by atoms with E-state index in [-0.39, 0.29) is 11.1 Å². The van der Waals surface area contributed by atoms with Gasteiger partial charge in [-0.1, -0.05) is 6.07 Å². The van der Waals surface area contributed by atoms with Crippen molar-refractivity contribution in [2.24, 2.45) is 0 Å². The molecule has 1 aromatic heterocycles. The molecule has 0 N–H and O–H groups in total. The highest BCUT2D eigenvalue weighted by atomic mass is 35.5. The maximum atomic E-state index is 13.3. The van der Waals surface area contributed by atoms with Gasteiger partial charge in [0.2, 0.25) is 11.2 Å². The average molecular weight is 267 g/mol. The first kappa shape index (κ1) is 12.7. The Balaban J connectivity index is 2.60. The predicted molar refractivity (Wildman–Crippen MR) is 69.3 cm³/mol. The molecule has 0 aliphatic carbocycles. The summed E-state index contributed by atoms with van der Waals surface area (Å²) in [7, 11) is 3.60. The summed E-state index contributed by atoms with van der Waals surface area (Å²) in [4.78, 5) is 14.0. The lowest BCUT2D eigenvalue weighted by Gasteiger charge is -2.12. The van der Waals surface area contributed by atoms with E-state index in [1.165, 1.54) is 12.1 Å². The molecule has 6 heteroatoms. The Morgan fingerprint density at radius 2 is 1.89 bits per heavy atom. The van der Waals surface area contributed by atoms with Crippen LogP contribution in [0.25, 0.3) is 11.4 Å². The number of benzene rings is 1. The summed E-state index contributed by atoms with van der Waals surface area (Å²) in [5.41, 5.74) is 1.49. The van der Waals surface area contributed by atoms with Gasteiger partial charge in [0.1, 0.15) is 5.82 Å². The topological polar surface area (TPSA) is 41.9 Å². The molecule has 0 unspecified atom stereocenters. The second-order valence-corrected chi connectivity index (χ2v) is 4.42. The lowest BCUT2D eigenvalue weighted by Crippen LogP contribution is -2.14. The lowest BCUT2D eigenvalue weighted by molar-refractivity contribution is 0.627. The van der Waals surface area contributed by atoms with Gasteiger partial charge < -0.3 is 4.90 Å². The molecule has 0 aliphatic heterocycles. The molecule has 0 atom stereocenters. The van der Waals surface area contributed by atoms with Gasteiger partial charge in [0, 0.05) is 19.7 Å². The van der Waals surface area contributed by atoms with Gasteiger partial charge in [-0.2, -0.15) is 15.0 Å². The highest BCUT2D eigenvalue weighted by molar-refractivity contribution is 6.28. The second kappa shape index (κ2) is 4.86. The normalized spacial score (nSPS) is 10.5. The summed E-state index contributed by atoms with van der Waals surface area (Å²) in [5.74, 6) is 0.475. The van der Waals surface area contributed by atoms with Crippen molar-refractivity contribution in [1.82, 2.24) is 15.0 Å². The smallest absolute Gasteiger partial charge is 0.229 e. The van der Waals surface area contributed by atoms with Crippen molar-refractivity contribution in [3.05, 3.63) is 34.9 Å². The fraction of sp³-hybridized carbons (Fsp3) is 0.250. The standard InChI is InChI=1S/C12H12ClFN4/c1-7-4-5-8(14)6-9(7)10-15-11(13)17-12(16-10)18(2)3/h4-6H,1-3H3. The van der Waals surface area contributed by atoms with Crippen LogP contribution in [0.5, 0.6) is 0 Å². The van der Waals surface area contributed by atoms with Gasteiger partial charge in [0.15, 0.2) is 5.82 Å². The first-order chi connectivity index (χ1) is 8.47. The van der Waals surface area contributed by atoms with Crippen molar-refractivity contribution in [3.63, 3.8) is 0 Å². The van der Waals surface area contributed by atoms with Crippen LogP contribution in [0.1, 0.15) is 5.56 Å². The minimum absolute atomic E-state index is 0.0901. The van der Waals surface area contributed by atoms with E-state index >= 15 is 0 Å². The molecule has 0 radical (unpaired) electrons. The maximum Gasteiger partial charge on any atom is 0.229 e. The van der Waals surface area contributed by atoms with Crippen molar-refractivity contribution in [2.45, 2.75) is 6.92 Å². The van der Waals surface area contributed by atoms with E-state index in [0.717, 1.165) is 5.56 Å². The summed E-state index contributed by atoms with van der Waals surface area (Å²) < 4.78 is 13.3. The van der Waals surface area contributed by atoms with Gasteiger partial charge in [-0.25, -0.2) is 4.39 Å². The van der Waals surface area contributed by atoms with Crippen molar-refractivity contribution >= 4 is 17.5 Å². The van der Waals surface area contributed by atoms with E-state index in [9.17, 15) is 4.39 Å². The van der Waals surface area contributed by atoms with Crippen LogP contribution < -0.4 is 4.90 Å². The minimum Gasteiger partial charge on any atom is -0.347 e. The SMILES string of the molecule is Cc1ccc(F)cc1-c1nc(Cl)nc(N(C)C)n1. The van der Waals surface area contributed by atoms with Crippen LogP contribution in [0.4, 0.5) is 10.3 Å². The molecule has 1 heterocycles. The van der Waals surface area contributed by atoms with E-state index in [4.69, 9.17) is 11.6 Å². The van der Waals surface area contributed by atoms with Crippen LogP contribution in [-0.2, 0) is 0 Å².